The van der Waals surface area contributed by atoms with Crippen LogP contribution in [0.25, 0.3) is 0 Å². The Kier molecular flexibility index (Phi) is 3.87. The predicted molar refractivity (Wildman–Crippen MR) is 67.6 cm³/mol. The van der Waals surface area contributed by atoms with Gasteiger partial charge in [0.1, 0.15) is 11.6 Å². The number of nitrogens with zero attached hydrogens (tertiary/aromatic N) is 3. The third-order valence-electron chi connectivity index (χ3n) is 2.15. The second kappa shape index (κ2) is 5.58. The average molecular weight is 250 g/mol. The summed E-state index contributed by atoms with van der Waals surface area (Å²) in [5.41, 5.74) is 0. The van der Waals surface area contributed by atoms with Crippen LogP contribution in [-0.2, 0) is 6.42 Å². The van der Waals surface area contributed by atoms with Crippen molar-refractivity contribution in [2.75, 3.05) is 19.0 Å². The lowest BCUT2D eigenvalue weighted by atomic mass is 10.4. The second-order valence-electron chi connectivity index (χ2n) is 3.45. The first-order chi connectivity index (χ1) is 8.28. The summed E-state index contributed by atoms with van der Waals surface area (Å²) < 4.78 is 5.09. The quantitative estimate of drug-likeness (QED) is 0.878. The van der Waals surface area contributed by atoms with Crippen molar-refractivity contribution in [2.45, 2.75) is 13.3 Å². The highest BCUT2D eigenvalue weighted by molar-refractivity contribution is 7.09. The minimum atomic E-state index is 0.578. The Labute approximate surface area is 104 Å². The average Bonchev–Trinajstić information content (AvgIpc) is 2.81. The van der Waals surface area contributed by atoms with Crippen molar-refractivity contribution in [1.29, 1.82) is 0 Å². The van der Waals surface area contributed by atoms with Crippen LogP contribution >= 0.6 is 11.3 Å². The molecule has 90 valence electrons. The fourth-order valence-electron chi connectivity index (χ4n) is 1.41. The minimum Gasteiger partial charge on any atom is -0.481 e. The predicted octanol–water partition coefficient (Wildman–Crippen LogP) is 1.90. The molecule has 1 N–H and O–H groups in total. The number of aromatic nitrogens is 3. The maximum Gasteiger partial charge on any atom is 0.218 e. The van der Waals surface area contributed by atoms with Crippen LogP contribution in [0.1, 0.15) is 10.8 Å². The highest BCUT2D eigenvalue weighted by Gasteiger charge is 2.01. The summed E-state index contributed by atoms with van der Waals surface area (Å²) in [4.78, 5) is 12.6. The molecule has 2 aromatic heterocycles. The van der Waals surface area contributed by atoms with Gasteiger partial charge in [-0.2, -0.15) is 4.98 Å². The van der Waals surface area contributed by atoms with Crippen molar-refractivity contribution in [1.82, 2.24) is 15.0 Å². The summed E-state index contributed by atoms with van der Waals surface area (Å²) in [6.07, 6.45) is 2.71. The van der Waals surface area contributed by atoms with E-state index >= 15 is 0 Å². The van der Waals surface area contributed by atoms with Crippen LogP contribution in [0.3, 0.4) is 0 Å². The van der Waals surface area contributed by atoms with E-state index in [-0.39, 0.29) is 0 Å². The Bertz CT molecular complexity index is 472. The van der Waals surface area contributed by atoms with Gasteiger partial charge in [0.05, 0.1) is 12.1 Å². The fraction of sp³-hybridized carbons (Fsp3) is 0.364. The van der Waals surface area contributed by atoms with E-state index in [2.05, 4.69) is 20.3 Å². The number of rotatable bonds is 5. The standard InChI is InChI=1S/C11H14N4OS/c1-8-14-9(7-10(15-8)16-2)12-4-3-11-13-5-6-17-11/h5-7H,3-4H2,1-2H3,(H,12,14,15). The fourth-order valence-corrected chi connectivity index (χ4v) is 2.03. The van der Waals surface area contributed by atoms with Gasteiger partial charge in [0, 0.05) is 30.6 Å². The number of hydrogen-bond acceptors (Lipinski definition) is 6. The Morgan fingerprint density at radius 1 is 1.41 bits per heavy atom. The first-order valence-electron chi connectivity index (χ1n) is 5.30. The molecule has 2 rings (SSSR count). The largest absolute Gasteiger partial charge is 0.481 e. The Hall–Kier alpha value is -1.69. The number of anilines is 1. The lowest BCUT2D eigenvalue weighted by Gasteiger charge is -2.06. The Morgan fingerprint density at radius 2 is 2.29 bits per heavy atom. The summed E-state index contributed by atoms with van der Waals surface area (Å²) in [6, 6.07) is 1.79. The smallest absolute Gasteiger partial charge is 0.218 e. The van der Waals surface area contributed by atoms with Gasteiger partial charge < -0.3 is 10.1 Å². The highest BCUT2D eigenvalue weighted by Crippen LogP contribution is 2.13. The van der Waals surface area contributed by atoms with Gasteiger partial charge in [0.2, 0.25) is 5.88 Å². The van der Waals surface area contributed by atoms with Crippen molar-refractivity contribution in [3.63, 3.8) is 0 Å². The van der Waals surface area contributed by atoms with Crippen molar-refractivity contribution < 1.29 is 4.74 Å². The molecule has 0 saturated carbocycles. The third-order valence-corrected chi connectivity index (χ3v) is 2.99. The second-order valence-corrected chi connectivity index (χ2v) is 4.42. The van der Waals surface area contributed by atoms with Crippen LogP contribution < -0.4 is 10.1 Å². The van der Waals surface area contributed by atoms with Crippen LogP contribution in [-0.4, -0.2) is 28.6 Å². The van der Waals surface area contributed by atoms with E-state index in [0.717, 1.165) is 23.8 Å². The van der Waals surface area contributed by atoms with Gasteiger partial charge >= 0.3 is 0 Å². The van der Waals surface area contributed by atoms with Crippen molar-refractivity contribution >= 4 is 17.2 Å². The van der Waals surface area contributed by atoms with Crippen molar-refractivity contribution in [3.05, 3.63) is 28.5 Å². The molecule has 0 spiro atoms. The van der Waals surface area contributed by atoms with Gasteiger partial charge in [-0.15, -0.1) is 11.3 Å². The molecule has 0 aliphatic carbocycles. The third kappa shape index (κ3) is 3.39. The molecule has 17 heavy (non-hydrogen) atoms. The summed E-state index contributed by atoms with van der Waals surface area (Å²) in [6.45, 7) is 2.64. The zero-order valence-electron chi connectivity index (χ0n) is 9.80. The molecule has 0 fully saturated rings. The summed E-state index contributed by atoms with van der Waals surface area (Å²) in [5.74, 6) is 2.06. The van der Waals surface area contributed by atoms with Crippen LogP contribution in [0.5, 0.6) is 5.88 Å². The Morgan fingerprint density at radius 3 is 3.00 bits per heavy atom. The molecule has 0 bridgehead atoms. The molecule has 0 saturated heterocycles. The lowest BCUT2D eigenvalue weighted by molar-refractivity contribution is 0.396. The zero-order valence-corrected chi connectivity index (χ0v) is 10.6. The number of nitrogens with one attached hydrogen (secondary N) is 1. The van der Waals surface area contributed by atoms with E-state index in [4.69, 9.17) is 4.74 Å². The van der Waals surface area contributed by atoms with Crippen molar-refractivity contribution in [3.8, 4) is 5.88 Å². The normalized spacial score (nSPS) is 10.2. The molecule has 0 radical (unpaired) electrons. The molecule has 0 aliphatic heterocycles. The molecule has 2 heterocycles. The monoisotopic (exact) mass is 250 g/mol. The molecule has 0 aromatic carbocycles. The van der Waals surface area contributed by atoms with Crippen LogP contribution in [0.4, 0.5) is 5.82 Å². The number of ether oxygens (including phenoxy) is 1. The SMILES string of the molecule is COc1cc(NCCc2nccs2)nc(C)n1. The molecule has 0 atom stereocenters. The Balaban J connectivity index is 1.92. The van der Waals surface area contributed by atoms with Gasteiger partial charge in [-0.3, -0.25) is 0 Å². The molecule has 0 amide bonds. The molecular weight excluding hydrogens is 236 g/mol. The first-order valence-corrected chi connectivity index (χ1v) is 6.18. The molecular formula is C11H14N4OS. The van der Waals surface area contributed by atoms with Gasteiger partial charge in [-0.05, 0) is 6.92 Å². The van der Waals surface area contributed by atoms with Crippen molar-refractivity contribution in [2.24, 2.45) is 0 Å². The molecule has 0 unspecified atom stereocenters. The number of aryl methyl sites for hydroxylation is 1. The van der Waals surface area contributed by atoms with E-state index < -0.39 is 0 Å². The van der Waals surface area contributed by atoms with E-state index in [9.17, 15) is 0 Å². The van der Waals surface area contributed by atoms with Crippen LogP contribution in [0.2, 0.25) is 0 Å². The summed E-state index contributed by atoms with van der Waals surface area (Å²) in [7, 11) is 1.60. The molecule has 6 heteroatoms. The van der Waals surface area contributed by atoms with Crippen LogP contribution in [0.15, 0.2) is 17.6 Å². The van der Waals surface area contributed by atoms with Gasteiger partial charge in [0.15, 0.2) is 0 Å². The van der Waals surface area contributed by atoms with Gasteiger partial charge in [-0.1, -0.05) is 0 Å². The highest BCUT2D eigenvalue weighted by atomic mass is 32.1. The van der Waals surface area contributed by atoms with E-state index in [0.29, 0.717) is 11.7 Å². The number of hydrogen-bond donors (Lipinski definition) is 1. The van der Waals surface area contributed by atoms with Gasteiger partial charge in [-0.25, -0.2) is 9.97 Å². The number of methoxy groups -OCH3 is 1. The molecule has 0 aliphatic rings. The van der Waals surface area contributed by atoms with E-state index in [1.807, 2.05) is 18.5 Å². The number of thiazole rings is 1. The van der Waals surface area contributed by atoms with E-state index in [1.54, 1.807) is 24.5 Å². The summed E-state index contributed by atoms with van der Waals surface area (Å²) in [5, 5.41) is 6.33. The lowest BCUT2D eigenvalue weighted by Crippen LogP contribution is -2.07. The molecule has 5 nitrogen and oxygen atoms in total. The summed E-state index contributed by atoms with van der Waals surface area (Å²) >= 11 is 1.66. The first kappa shape index (κ1) is 11.8. The van der Waals surface area contributed by atoms with E-state index in [1.165, 1.54) is 0 Å². The van der Waals surface area contributed by atoms with Gasteiger partial charge in [0.25, 0.3) is 0 Å². The maximum absolute atomic E-state index is 5.09. The maximum atomic E-state index is 5.09. The molecule has 2 aromatic rings. The minimum absolute atomic E-state index is 0.578. The topological polar surface area (TPSA) is 59.9 Å². The zero-order chi connectivity index (χ0) is 12.1. The van der Waals surface area contributed by atoms with Crippen LogP contribution in [0, 0.1) is 6.92 Å².